The monoisotopic (exact) mass is 311 g/mol. The highest BCUT2D eigenvalue weighted by Crippen LogP contribution is 2.23. The number of nitrogens with zero attached hydrogens (tertiary/aromatic N) is 3. The summed E-state index contributed by atoms with van der Waals surface area (Å²) in [6, 6.07) is 3.68. The van der Waals surface area contributed by atoms with Crippen molar-refractivity contribution in [3.63, 3.8) is 0 Å². The van der Waals surface area contributed by atoms with Gasteiger partial charge in [-0.25, -0.2) is 0 Å². The van der Waals surface area contributed by atoms with Crippen LogP contribution in [-0.2, 0) is 6.42 Å². The van der Waals surface area contributed by atoms with Gasteiger partial charge >= 0.3 is 0 Å². The van der Waals surface area contributed by atoms with Crippen LogP contribution in [0.3, 0.4) is 0 Å². The first-order chi connectivity index (χ1) is 8.58. The van der Waals surface area contributed by atoms with Gasteiger partial charge in [-0.15, -0.1) is 0 Å². The molecular weight excluding hydrogens is 298 g/mol. The molecule has 0 spiro atoms. The Morgan fingerprint density at radius 2 is 2.22 bits per heavy atom. The third-order valence-electron chi connectivity index (χ3n) is 2.59. The summed E-state index contributed by atoms with van der Waals surface area (Å²) < 4.78 is 5.92. The van der Waals surface area contributed by atoms with Crippen LogP contribution >= 0.6 is 15.9 Å². The second-order valence-electron chi connectivity index (χ2n) is 4.36. The lowest BCUT2D eigenvalue weighted by Gasteiger charge is -2.10. The molecule has 96 valence electrons. The van der Waals surface area contributed by atoms with E-state index in [1.54, 1.807) is 6.20 Å². The predicted molar refractivity (Wildman–Crippen MR) is 69.8 cm³/mol. The normalized spacial score (nSPS) is 12.9. The summed E-state index contributed by atoms with van der Waals surface area (Å²) in [6.07, 6.45) is 1.54. The Hall–Kier alpha value is -1.27. The molecule has 5 nitrogen and oxygen atoms in total. The van der Waals surface area contributed by atoms with Gasteiger partial charge in [0.1, 0.15) is 5.69 Å². The summed E-state index contributed by atoms with van der Waals surface area (Å²) in [6.45, 7) is 3.88. The minimum absolute atomic E-state index is 0.155. The third-order valence-corrected chi connectivity index (χ3v) is 3.23. The molecule has 0 radical (unpaired) electrons. The Labute approximate surface area is 113 Å². The van der Waals surface area contributed by atoms with Crippen LogP contribution in [0.4, 0.5) is 0 Å². The van der Waals surface area contributed by atoms with Crippen molar-refractivity contribution in [3.8, 4) is 11.5 Å². The lowest BCUT2D eigenvalue weighted by molar-refractivity contribution is 0.116. The van der Waals surface area contributed by atoms with E-state index in [1.165, 1.54) is 0 Å². The largest absolute Gasteiger partial charge is 0.392 e. The zero-order valence-corrected chi connectivity index (χ0v) is 11.8. The second kappa shape index (κ2) is 5.58. The summed E-state index contributed by atoms with van der Waals surface area (Å²) in [7, 11) is 0. The molecule has 0 aliphatic heterocycles. The van der Waals surface area contributed by atoms with Gasteiger partial charge in [0.2, 0.25) is 11.7 Å². The van der Waals surface area contributed by atoms with Crippen molar-refractivity contribution in [2.75, 3.05) is 0 Å². The molecule has 0 saturated carbocycles. The van der Waals surface area contributed by atoms with Crippen LogP contribution in [0.2, 0.25) is 0 Å². The van der Waals surface area contributed by atoms with Crippen LogP contribution in [0, 0.1) is 5.92 Å². The molecule has 1 atom stereocenters. The lowest BCUT2D eigenvalue weighted by atomic mass is 10.0. The molecule has 0 amide bonds. The maximum atomic E-state index is 9.76. The van der Waals surface area contributed by atoms with Crippen LogP contribution in [0.5, 0.6) is 0 Å². The van der Waals surface area contributed by atoms with Crippen molar-refractivity contribution >= 4 is 15.9 Å². The van der Waals surface area contributed by atoms with Gasteiger partial charge in [0, 0.05) is 10.7 Å². The Kier molecular flexibility index (Phi) is 4.08. The SMILES string of the molecule is CC(C)C(O)Cc1nc(-c2ncccc2Br)no1. The lowest BCUT2D eigenvalue weighted by Crippen LogP contribution is -2.17. The summed E-state index contributed by atoms with van der Waals surface area (Å²) in [4.78, 5) is 8.42. The molecule has 0 bridgehead atoms. The van der Waals surface area contributed by atoms with Gasteiger partial charge < -0.3 is 9.63 Å². The fourth-order valence-corrected chi connectivity index (χ4v) is 1.83. The number of aliphatic hydroxyl groups is 1. The summed E-state index contributed by atoms with van der Waals surface area (Å²) in [5, 5.41) is 13.6. The Morgan fingerprint density at radius 1 is 1.44 bits per heavy atom. The number of hydrogen-bond acceptors (Lipinski definition) is 5. The molecule has 2 aromatic rings. The van der Waals surface area contributed by atoms with Gasteiger partial charge in [-0.05, 0) is 34.0 Å². The van der Waals surface area contributed by atoms with Crippen LogP contribution in [0.25, 0.3) is 11.5 Å². The topological polar surface area (TPSA) is 72.0 Å². The van der Waals surface area contributed by atoms with Crippen molar-refractivity contribution < 1.29 is 9.63 Å². The second-order valence-corrected chi connectivity index (χ2v) is 5.22. The maximum Gasteiger partial charge on any atom is 0.229 e. The molecule has 1 unspecified atom stereocenters. The van der Waals surface area contributed by atoms with E-state index >= 15 is 0 Å². The van der Waals surface area contributed by atoms with E-state index in [4.69, 9.17) is 4.52 Å². The third kappa shape index (κ3) is 2.94. The molecule has 0 aliphatic rings. The predicted octanol–water partition coefficient (Wildman–Crippen LogP) is 2.45. The van der Waals surface area contributed by atoms with E-state index in [9.17, 15) is 5.11 Å². The van der Waals surface area contributed by atoms with Gasteiger partial charge in [0.05, 0.1) is 12.5 Å². The number of halogens is 1. The number of aromatic nitrogens is 3. The van der Waals surface area contributed by atoms with Crippen molar-refractivity contribution in [1.29, 1.82) is 0 Å². The first-order valence-electron chi connectivity index (χ1n) is 5.69. The van der Waals surface area contributed by atoms with Crippen LogP contribution in [0.15, 0.2) is 27.3 Å². The van der Waals surface area contributed by atoms with Gasteiger partial charge in [-0.2, -0.15) is 4.98 Å². The van der Waals surface area contributed by atoms with E-state index in [0.717, 1.165) is 4.47 Å². The van der Waals surface area contributed by atoms with Crippen molar-refractivity contribution in [3.05, 3.63) is 28.7 Å². The molecule has 2 heterocycles. The molecule has 0 saturated heterocycles. The van der Waals surface area contributed by atoms with E-state index in [2.05, 4.69) is 31.1 Å². The number of hydrogen-bond donors (Lipinski definition) is 1. The van der Waals surface area contributed by atoms with E-state index in [0.29, 0.717) is 23.8 Å². The molecule has 2 aromatic heterocycles. The van der Waals surface area contributed by atoms with Gasteiger partial charge in [0.15, 0.2) is 0 Å². The molecule has 18 heavy (non-hydrogen) atoms. The Morgan fingerprint density at radius 3 is 2.89 bits per heavy atom. The van der Waals surface area contributed by atoms with Gasteiger partial charge in [-0.3, -0.25) is 4.98 Å². The molecule has 2 rings (SSSR count). The Balaban J connectivity index is 2.18. The van der Waals surface area contributed by atoms with Gasteiger partial charge in [0.25, 0.3) is 0 Å². The van der Waals surface area contributed by atoms with Gasteiger partial charge in [-0.1, -0.05) is 19.0 Å². The quantitative estimate of drug-likeness (QED) is 0.939. The van der Waals surface area contributed by atoms with Crippen molar-refractivity contribution in [2.24, 2.45) is 5.92 Å². The highest BCUT2D eigenvalue weighted by molar-refractivity contribution is 9.10. The molecule has 0 aliphatic carbocycles. The molecule has 6 heteroatoms. The summed E-state index contributed by atoms with van der Waals surface area (Å²) in [5.41, 5.74) is 0.631. The average molecular weight is 312 g/mol. The average Bonchev–Trinajstić information content (AvgIpc) is 2.77. The number of aliphatic hydroxyl groups excluding tert-OH is 1. The fourth-order valence-electron chi connectivity index (χ4n) is 1.40. The highest BCUT2D eigenvalue weighted by Gasteiger charge is 2.17. The zero-order valence-electron chi connectivity index (χ0n) is 10.2. The highest BCUT2D eigenvalue weighted by atomic mass is 79.9. The fraction of sp³-hybridized carbons (Fsp3) is 0.417. The summed E-state index contributed by atoms with van der Waals surface area (Å²) >= 11 is 3.38. The first-order valence-corrected chi connectivity index (χ1v) is 6.48. The molecule has 1 N–H and O–H groups in total. The standard InChI is InChI=1S/C12H14BrN3O2/c1-7(2)9(17)6-10-15-12(16-18-10)11-8(13)4-3-5-14-11/h3-5,7,9,17H,6H2,1-2H3. The van der Waals surface area contributed by atoms with E-state index in [-0.39, 0.29) is 5.92 Å². The van der Waals surface area contributed by atoms with Crippen LogP contribution in [-0.4, -0.2) is 26.3 Å². The van der Waals surface area contributed by atoms with E-state index < -0.39 is 6.10 Å². The summed E-state index contributed by atoms with van der Waals surface area (Å²) in [5.74, 6) is 0.999. The van der Waals surface area contributed by atoms with Crippen LogP contribution in [0.1, 0.15) is 19.7 Å². The number of pyridine rings is 1. The zero-order chi connectivity index (χ0) is 13.1. The molecular formula is C12H14BrN3O2. The Bertz CT molecular complexity index is 528. The minimum atomic E-state index is -0.481. The minimum Gasteiger partial charge on any atom is -0.392 e. The molecule has 0 fully saturated rings. The molecule has 0 aromatic carbocycles. The maximum absolute atomic E-state index is 9.76. The van der Waals surface area contributed by atoms with Crippen molar-refractivity contribution in [2.45, 2.75) is 26.4 Å². The smallest absolute Gasteiger partial charge is 0.229 e. The van der Waals surface area contributed by atoms with Crippen molar-refractivity contribution in [1.82, 2.24) is 15.1 Å². The van der Waals surface area contributed by atoms with Crippen LogP contribution < -0.4 is 0 Å². The first kappa shape index (κ1) is 13.2. The number of rotatable bonds is 4. The van der Waals surface area contributed by atoms with E-state index in [1.807, 2.05) is 26.0 Å².